The topological polar surface area (TPSA) is 23.6 Å². The van der Waals surface area contributed by atoms with Gasteiger partial charge in [0.1, 0.15) is 0 Å². The van der Waals surface area contributed by atoms with Crippen molar-refractivity contribution in [3.63, 3.8) is 0 Å². The summed E-state index contributed by atoms with van der Waals surface area (Å²) < 4.78 is 1.02. The zero-order valence-corrected chi connectivity index (χ0v) is 11.8. The first-order valence-corrected chi connectivity index (χ1v) is 6.61. The molecule has 0 aliphatic carbocycles. The first-order chi connectivity index (χ1) is 8.08. The largest absolute Gasteiger partial charge is 0.368 e. The van der Waals surface area contributed by atoms with Crippen LogP contribution < -0.4 is 4.90 Å². The fraction of sp³-hybridized carbons (Fsp3) is 0.462. The SMILES string of the molecule is CC(=O)c1ccc(Br)cc1N1CCN(C)CC1. The zero-order valence-electron chi connectivity index (χ0n) is 10.2. The molecule has 1 saturated heterocycles. The van der Waals surface area contributed by atoms with Gasteiger partial charge < -0.3 is 9.80 Å². The molecule has 3 nitrogen and oxygen atoms in total. The Morgan fingerprint density at radius 3 is 2.47 bits per heavy atom. The van der Waals surface area contributed by atoms with Gasteiger partial charge in [0.05, 0.1) is 0 Å². The van der Waals surface area contributed by atoms with E-state index in [1.807, 2.05) is 18.2 Å². The maximum absolute atomic E-state index is 11.6. The monoisotopic (exact) mass is 296 g/mol. The average Bonchev–Trinajstić information content (AvgIpc) is 2.29. The van der Waals surface area contributed by atoms with E-state index in [9.17, 15) is 4.79 Å². The second-order valence-electron chi connectivity index (χ2n) is 4.51. The summed E-state index contributed by atoms with van der Waals surface area (Å²) in [6.07, 6.45) is 0. The Labute approximate surface area is 111 Å². The van der Waals surface area contributed by atoms with E-state index in [0.29, 0.717) is 0 Å². The molecule has 17 heavy (non-hydrogen) atoms. The molecule has 1 aromatic rings. The number of carbonyl (C=O) groups excluding carboxylic acids is 1. The van der Waals surface area contributed by atoms with E-state index in [2.05, 4.69) is 32.8 Å². The number of carbonyl (C=O) groups is 1. The summed E-state index contributed by atoms with van der Waals surface area (Å²) in [5, 5.41) is 0. The normalized spacial score (nSPS) is 17.2. The van der Waals surface area contributed by atoms with Gasteiger partial charge in [-0.1, -0.05) is 15.9 Å². The molecule has 92 valence electrons. The van der Waals surface area contributed by atoms with E-state index in [1.165, 1.54) is 0 Å². The highest BCUT2D eigenvalue weighted by molar-refractivity contribution is 9.10. The van der Waals surface area contributed by atoms with Crippen LogP contribution in [-0.2, 0) is 0 Å². The van der Waals surface area contributed by atoms with Crippen molar-refractivity contribution in [2.24, 2.45) is 0 Å². The fourth-order valence-electron chi connectivity index (χ4n) is 2.11. The summed E-state index contributed by atoms with van der Waals surface area (Å²) in [5.74, 6) is 0.131. The molecule has 2 rings (SSSR count). The third-order valence-corrected chi connectivity index (χ3v) is 3.68. The minimum absolute atomic E-state index is 0.131. The van der Waals surface area contributed by atoms with E-state index in [1.54, 1.807) is 6.92 Å². The molecule has 1 heterocycles. The second kappa shape index (κ2) is 5.19. The van der Waals surface area contributed by atoms with Crippen molar-refractivity contribution in [2.75, 3.05) is 38.1 Å². The predicted molar refractivity (Wildman–Crippen MR) is 73.9 cm³/mol. The van der Waals surface area contributed by atoms with E-state index in [4.69, 9.17) is 0 Å². The highest BCUT2D eigenvalue weighted by Crippen LogP contribution is 2.26. The summed E-state index contributed by atoms with van der Waals surface area (Å²) in [4.78, 5) is 16.2. The first kappa shape index (κ1) is 12.6. The number of ketones is 1. The van der Waals surface area contributed by atoms with Gasteiger partial charge in [0, 0.05) is 41.9 Å². The standard InChI is InChI=1S/C13H17BrN2O/c1-10(17)12-4-3-11(14)9-13(12)16-7-5-15(2)6-8-16/h3-4,9H,5-8H2,1-2H3. The Morgan fingerprint density at radius 1 is 1.24 bits per heavy atom. The number of likely N-dealkylation sites (N-methyl/N-ethyl adjacent to an activating group) is 1. The minimum Gasteiger partial charge on any atom is -0.368 e. The van der Waals surface area contributed by atoms with Gasteiger partial charge in [-0.3, -0.25) is 4.79 Å². The van der Waals surface area contributed by atoms with Gasteiger partial charge in [-0.2, -0.15) is 0 Å². The molecule has 1 fully saturated rings. The molecule has 4 heteroatoms. The number of nitrogens with zero attached hydrogens (tertiary/aromatic N) is 2. The van der Waals surface area contributed by atoms with Crippen molar-refractivity contribution in [3.05, 3.63) is 28.2 Å². The maximum atomic E-state index is 11.6. The predicted octanol–water partition coefficient (Wildman–Crippen LogP) is 2.40. The van der Waals surface area contributed by atoms with Gasteiger partial charge in [0.15, 0.2) is 5.78 Å². The molecule has 1 aliphatic rings. The van der Waals surface area contributed by atoms with E-state index < -0.39 is 0 Å². The third kappa shape index (κ3) is 2.87. The molecule has 0 amide bonds. The van der Waals surface area contributed by atoms with Crippen LogP contribution in [0.3, 0.4) is 0 Å². The molecule has 0 aromatic heterocycles. The number of anilines is 1. The quantitative estimate of drug-likeness (QED) is 0.783. The fourth-order valence-corrected chi connectivity index (χ4v) is 2.46. The molecule has 0 spiro atoms. The van der Waals surface area contributed by atoms with Crippen LogP contribution in [0, 0.1) is 0 Å². The lowest BCUT2D eigenvalue weighted by Gasteiger charge is -2.35. The molecule has 0 radical (unpaired) electrons. The Morgan fingerprint density at radius 2 is 1.88 bits per heavy atom. The summed E-state index contributed by atoms with van der Waals surface area (Å²) in [6.45, 7) is 5.68. The van der Waals surface area contributed by atoms with Crippen LogP contribution in [0.25, 0.3) is 0 Å². The Kier molecular flexibility index (Phi) is 3.84. The van der Waals surface area contributed by atoms with Crippen molar-refractivity contribution < 1.29 is 4.79 Å². The summed E-state index contributed by atoms with van der Waals surface area (Å²) in [5.41, 5.74) is 1.87. The molecule has 1 aromatic carbocycles. The van der Waals surface area contributed by atoms with Gasteiger partial charge >= 0.3 is 0 Å². The van der Waals surface area contributed by atoms with Crippen LogP contribution >= 0.6 is 15.9 Å². The number of hydrogen-bond donors (Lipinski definition) is 0. The molecule has 0 unspecified atom stereocenters. The van der Waals surface area contributed by atoms with Gasteiger partial charge in [-0.15, -0.1) is 0 Å². The highest BCUT2D eigenvalue weighted by Gasteiger charge is 2.18. The molecule has 0 saturated carbocycles. The molecule has 0 N–H and O–H groups in total. The first-order valence-electron chi connectivity index (χ1n) is 5.82. The number of hydrogen-bond acceptors (Lipinski definition) is 3. The van der Waals surface area contributed by atoms with Crippen LogP contribution in [0.2, 0.25) is 0 Å². The maximum Gasteiger partial charge on any atom is 0.161 e. The number of halogens is 1. The van der Waals surface area contributed by atoms with E-state index in [0.717, 1.165) is 41.9 Å². The molecule has 0 atom stereocenters. The molecule has 1 aliphatic heterocycles. The summed E-state index contributed by atoms with van der Waals surface area (Å²) in [6, 6.07) is 5.87. The molecular weight excluding hydrogens is 280 g/mol. The minimum atomic E-state index is 0.131. The number of rotatable bonds is 2. The van der Waals surface area contributed by atoms with Crippen molar-refractivity contribution >= 4 is 27.4 Å². The van der Waals surface area contributed by atoms with E-state index in [-0.39, 0.29) is 5.78 Å². The second-order valence-corrected chi connectivity index (χ2v) is 5.42. The van der Waals surface area contributed by atoms with Crippen LogP contribution in [0.1, 0.15) is 17.3 Å². The average molecular weight is 297 g/mol. The summed E-state index contributed by atoms with van der Waals surface area (Å²) in [7, 11) is 2.13. The lowest BCUT2D eigenvalue weighted by Crippen LogP contribution is -2.44. The number of benzene rings is 1. The highest BCUT2D eigenvalue weighted by atomic mass is 79.9. The molecular formula is C13H17BrN2O. The van der Waals surface area contributed by atoms with Gasteiger partial charge in [0.2, 0.25) is 0 Å². The van der Waals surface area contributed by atoms with Crippen LogP contribution in [-0.4, -0.2) is 43.9 Å². The lowest BCUT2D eigenvalue weighted by atomic mass is 10.1. The Balaban J connectivity index is 2.30. The van der Waals surface area contributed by atoms with Crippen molar-refractivity contribution in [1.29, 1.82) is 0 Å². The summed E-state index contributed by atoms with van der Waals surface area (Å²) >= 11 is 3.48. The van der Waals surface area contributed by atoms with Crippen molar-refractivity contribution in [2.45, 2.75) is 6.92 Å². The van der Waals surface area contributed by atoms with Crippen LogP contribution in [0.15, 0.2) is 22.7 Å². The van der Waals surface area contributed by atoms with E-state index >= 15 is 0 Å². The Bertz CT molecular complexity index is 425. The van der Waals surface area contributed by atoms with Crippen molar-refractivity contribution in [3.8, 4) is 0 Å². The lowest BCUT2D eigenvalue weighted by molar-refractivity contribution is 0.101. The third-order valence-electron chi connectivity index (χ3n) is 3.18. The van der Waals surface area contributed by atoms with Crippen molar-refractivity contribution in [1.82, 2.24) is 4.90 Å². The smallest absolute Gasteiger partial charge is 0.161 e. The van der Waals surface area contributed by atoms with Gasteiger partial charge in [0.25, 0.3) is 0 Å². The molecule has 0 bridgehead atoms. The Hall–Kier alpha value is -0.870. The van der Waals surface area contributed by atoms with Crippen LogP contribution in [0.5, 0.6) is 0 Å². The number of piperazine rings is 1. The zero-order chi connectivity index (χ0) is 12.4. The van der Waals surface area contributed by atoms with Gasteiger partial charge in [-0.25, -0.2) is 0 Å². The van der Waals surface area contributed by atoms with Gasteiger partial charge in [-0.05, 0) is 32.2 Å². The van der Waals surface area contributed by atoms with Crippen LogP contribution in [0.4, 0.5) is 5.69 Å². The number of Topliss-reactive ketones (excluding diaryl/α,β-unsaturated/α-hetero) is 1.